The third kappa shape index (κ3) is 6.93. The molecule has 9 nitrogen and oxygen atoms in total. The van der Waals surface area contributed by atoms with Crippen molar-refractivity contribution in [2.24, 2.45) is 0 Å². The summed E-state index contributed by atoms with van der Waals surface area (Å²) in [5, 5.41) is 4.14. The maximum absolute atomic E-state index is 13.2. The number of carbonyl (C=O) groups is 2. The number of piperidine rings is 1. The van der Waals surface area contributed by atoms with Crippen LogP contribution in [0.2, 0.25) is 0 Å². The van der Waals surface area contributed by atoms with E-state index in [-0.39, 0.29) is 18.4 Å². The minimum absolute atomic E-state index is 0.0666. The first-order valence-electron chi connectivity index (χ1n) is 13.4. The highest BCUT2D eigenvalue weighted by Gasteiger charge is 2.35. The molecule has 1 aromatic carbocycles. The zero-order valence-electron chi connectivity index (χ0n) is 22.6. The average molecular weight is 550 g/mol. The molecule has 1 N–H and O–H groups in total. The fourth-order valence-corrected chi connectivity index (χ4v) is 5.64. The van der Waals surface area contributed by atoms with Gasteiger partial charge in [0.05, 0.1) is 18.0 Å². The number of carbonyl (C=O) groups excluding carboxylic acids is 2. The predicted octanol–water partition coefficient (Wildman–Crippen LogP) is 5.29. The summed E-state index contributed by atoms with van der Waals surface area (Å²) in [6.07, 6.45) is 2.45. The summed E-state index contributed by atoms with van der Waals surface area (Å²) in [6, 6.07) is 16.2. The monoisotopic (exact) mass is 549 g/mol. The number of nitrogens with one attached hydrogen (secondary N) is 1. The van der Waals surface area contributed by atoms with Crippen LogP contribution in [0.15, 0.2) is 54.7 Å². The Morgan fingerprint density at radius 2 is 1.79 bits per heavy atom. The predicted molar refractivity (Wildman–Crippen MR) is 151 cm³/mol. The van der Waals surface area contributed by atoms with Crippen molar-refractivity contribution in [3.05, 3.63) is 60.4 Å². The first-order chi connectivity index (χ1) is 18.7. The van der Waals surface area contributed by atoms with E-state index in [0.717, 1.165) is 39.9 Å². The second-order valence-corrected chi connectivity index (χ2v) is 11.9. The highest BCUT2D eigenvalue weighted by atomic mass is 32.1. The van der Waals surface area contributed by atoms with Crippen LogP contribution >= 0.6 is 11.3 Å². The van der Waals surface area contributed by atoms with Crippen LogP contribution in [-0.2, 0) is 14.3 Å². The SMILES string of the molecule is CC(C)(C)OC(=O)N1CCO[C@@H](C(=O)N2CCC(c3cccc(Nc4ncc(-c5ccccc5)s4)n3)CC2)C1. The molecule has 2 amide bonds. The number of nitrogens with zero attached hydrogens (tertiary/aromatic N) is 4. The molecule has 2 saturated heterocycles. The molecule has 10 heteroatoms. The molecule has 0 saturated carbocycles. The molecule has 206 valence electrons. The Bertz CT molecular complexity index is 1280. The van der Waals surface area contributed by atoms with Gasteiger partial charge in [0.2, 0.25) is 0 Å². The Kier molecular flexibility index (Phi) is 8.13. The molecule has 0 radical (unpaired) electrons. The largest absolute Gasteiger partial charge is 0.444 e. The molecule has 0 spiro atoms. The molecule has 2 fully saturated rings. The number of ether oxygens (including phenoxy) is 2. The van der Waals surface area contributed by atoms with Crippen molar-refractivity contribution < 1.29 is 19.1 Å². The molecule has 0 unspecified atom stereocenters. The van der Waals surface area contributed by atoms with Crippen molar-refractivity contribution in [2.45, 2.75) is 51.2 Å². The minimum Gasteiger partial charge on any atom is -0.444 e. The van der Waals surface area contributed by atoms with Gasteiger partial charge in [0, 0.05) is 37.4 Å². The van der Waals surface area contributed by atoms with Crippen molar-refractivity contribution in [1.82, 2.24) is 19.8 Å². The Balaban J connectivity index is 1.15. The van der Waals surface area contributed by atoms with Gasteiger partial charge in [0.25, 0.3) is 5.91 Å². The zero-order valence-corrected chi connectivity index (χ0v) is 23.4. The van der Waals surface area contributed by atoms with E-state index >= 15 is 0 Å². The second kappa shape index (κ2) is 11.7. The first-order valence-corrected chi connectivity index (χ1v) is 14.2. The lowest BCUT2D eigenvalue weighted by atomic mass is 9.92. The number of likely N-dealkylation sites (tertiary alicyclic amines) is 1. The Labute approximate surface area is 233 Å². The highest BCUT2D eigenvalue weighted by molar-refractivity contribution is 7.18. The third-order valence-electron chi connectivity index (χ3n) is 6.79. The van der Waals surface area contributed by atoms with Crippen molar-refractivity contribution in [3.63, 3.8) is 0 Å². The number of hydrogen-bond donors (Lipinski definition) is 1. The lowest BCUT2D eigenvalue weighted by Crippen LogP contribution is -2.54. The van der Waals surface area contributed by atoms with Gasteiger partial charge in [-0.15, -0.1) is 0 Å². The van der Waals surface area contributed by atoms with E-state index in [2.05, 4.69) is 22.4 Å². The number of amides is 2. The number of benzene rings is 1. The van der Waals surface area contributed by atoms with E-state index in [1.807, 2.05) is 68.3 Å². The molecule has 2 aliphatic rings. The summed E-state index contributed by atoms with van der Waals surface area (Å²) in [5.41, 5.74) is 1.57. The average Bonchev–Trinajstić information content (AvgIpc) is 3.41. The highest BCUT2D eigenvalue weighted by Crippen LogP contribution is 2.32. The third-order valence-corrected chi connectivity index (χ3v) is 7.75. The molecular formula is C29H35N5O4S. The first kappa shape index (κ1) is 27.1. The number of anilines is 2. The zero-order chi connectivity index (χ0) is 27.4. The van der Waals surface area contributed by atoms with Crippen LogP contribution < -0.4 is 5.32 Å². The van der Waals surface area contributed by atoms with Gasteiger partial charge in [-0.1, -0.05) is 47.7 Å². The van der Waals surface area contributed by atoms with Crippen LogP contribution in [0.4, 0.5) is 15.7 Å². The number of pyridine rings is 1. The number of morpholine rings is 1. The van der Waals surface area contributed by atoms with Gasteiger partial charge < -0.3 is 24.6 Å². The minimum atomic E-state index is -0.660. The molecule has 3 aromatic rings. The maximum Gasteiger partial charge on any atom is 0.410 e. The standard InChI is InChI=1S/C29H35N5O4S/c1-29(2,3)38-28(36)34-16-17-37-23(19-34)26(35)33-14-12-20(13-15-33)22-10-7-11-25(31-22)32-27-30-18-24(39-27)21-8-5-4-6-9-21/h4-11,18,20,23H,12-17,19H2,1-3H3,(H,30,31,32)/t23-/m1/s1. The van der Waals surface area contributed by atoms with E-state index in [1.54, 1.807) is 16.2 Å². The van der Waals surface area contributed by atoms with E-state index in [4.69, 9.17) is 14.5 Å². The van der Waals surface area contributed by atoms with E-state index in [1.165, 1.54) is 0 Å². The van der Waals surface area contributed by atoms with Gasteiger partial charge in [0.1, 0.15) is 11.4 Å². The second-order valence-electron chi connectivity index (χ2n) is 10.9. The molecule has 2 aliphatic heterocycles. The van der Waals surface area contributed by atoms with Gasteiger partial charge in [-0.05, 0) is 51.3 Å². The summed E-state index contributed by atoms with van der Waals surface area (Å²) in [4.78, 5) is 39.6. The molecule has 4 heterocycles. The fraction of sp³-hybridized carbons (Fsp3) is 0.448. The van der Waals surface area contributed by atoms with Crippen LogP contribution in [0.25, 0.3) is 10.4 Å². The van der Waals surface area contributed by atoms with Gasteiger partial charge in [-0.3, -0.25) is 4.79 Å². The fourth-order valence-electron chi connectivity index (χ4n) is 4.82. The van der Waals surface area contributed by atoms with Gasteiger partial charge in [-0.25, -0.2) is 14.8 Å². The number of thiazole rings is 1. The number of rotatable bonds is 5. The van der Waals surface area contributed by atoms with E-state index in [9.17, 15) is 9.59 Å². The van der Waals surface area contributed by atoms with E-state index in [0.29, 0.717) is 26.2 Å². The lowest BCUT2D eigenvalue weighted by Gasteiger charge is -2.38. The van der Waals surface area contributed by atoms with Crippen molar-refractivity contribution >= 4 is 34.3 Å². The van der Waals surface area contributed by atoms with Crippen molar-refractivity contribution in [3.8, 4) is 10.4 Å². The molecule has 5 rings (SSSR count). The number of hydrogen-bond acceptors (Lipinski definition) is 8. The molecule has 1 atom stereocenters. The maximum atomic E-state index is 13.2. The van der Waals surface area contributed by atoms with Crippen molar-refractivity contribution in [2.75, 3.05) is 38.1 Å². The molecular weight excluding hydrogens is 514 g/mol. The summed E-state index contributed by atoms with van der Waals surface area (Å²) in [6.45, 7) is 7.71. The Morgan fingerprint density at radius 1 is 1.03 bits per heavy atom. The Hall–Kier alpha value is -3.50. The number of aromatic nitrogens is 2. The van der Waals surface area contributed by atoms with Crippen LogP contribution in [0.5, 0.6) is 0 Å². The lowest BCUT2D eigenvalue weighted by molar-refractivity contribution is -0.149. The van der Waals surface area contributed by atoms with Crippen LogP contribution in [0, 0.1) is 0 Å². The molecule has 0 bridgehead atoms. The van der Waals surface area contributed by atoms with Crippen molar-refractivity contribution in [1.29, 1.82) is 0 Å². The van der Waals surface area contributed by atoms with Crippen LogP contribution in [-0.4, -0.2) is 76.3 Å². The van der Waals surface area contributed by atoms with Gasteiger partial charge >= 0.3 is 6.09 Å². The molecule has 2 aromatic heterocycles. The summed E-state index contributed by atoms with van der Waals surface area (Å²) < 4.78 is 11.2. The van der Waals surface area contributed by atoms with Gasteiger partial charge in [0.15, 0.2) is 11.2 Å². The van der Waals surface area contributed by atoms with E-state index < -0.39 is 17.8 Å². The van der Waals surface area contributed by atoms with Crippen LogP contribution in [0.1, 0.15) is 45.2 Å². The Morgan fingerprint density at radius 3 is 2.54 bits per heavy atom. The summed E-state index contributed by atoms with van der Waals surface area (Å²) in [5.74, 6) is 0.957. The smallest absolute Gasteiger partial charge is 0.410 e. The molecule has 39 heavy (non-hydrogen) atoms. The summed E-state index contributed by atoms with van der Waals surface area (Å²) >= 11 is 1.59. The van der Waals surface area contributed by atoms with Crippen LogP contribution in [0.3, 0.4) is 0 Å². The normalized spacial score (nSPS) is 18.6. The summed E-state index contributed by atoms with van der Waals surface area (Å²) in [7, 11) is 0. The van der Waals surface area contributed by atoms with Gasteiger partial charge in [-0.2, -0.15) is 0 Å². The topological polar surface area (TPSA) is 96.9 Å². The quantitative estimate of drug-likeness (QED) is 0.462. The molecule has 0 aliphatic carbocycles.